The highest BCUT2D eigenvalue weighted by atomic mass is 32.2. The van der Waals surface area contributed by atoms with Crippen molar-refractivity contribution in [3.63, 3.8) is 0 Å². The van der Waals surface area contributed by atoms with E-state index in [0.29, 0.717) is 11.2 Å². The molecule has 2 nitrogen and oxygen atoms in total. The van der Waals surface area contributed by atoms with Gasteiger partial charge in [-0.15, -0.1) is 0 Å². The van der Waals surface area contributed by atoms with Crippen LogP contribution in [0.5, 0.6) is 0 Å². The maximum Gasteiger partial charge on any atom is 0.156 e. The standard InChI is InChI=1S/C11H14N2S/c1-9-8-14-11(12)13(9)7-10-5-3-2-4-6-10/h2-6,9,12H,7-8H2,1H3. The van der Waals surface area contributed by atoms with Crippen LogP contribution in [0.3, 0.4) is 0 Å². The molecule has 0 radical (unpaired) electrons. The lowest BCUT2D eigenvalue weighted by Gasteiger charge is -2.22. The van der Waals surface area contributed by atoms with Crippen LogP contribution < -0.4 is 0 Å². The summed E-state index contributed by atoms with van der Waals surface area (Å²) in [6.45, 7) is 3.05. The summed E-state index contributed by atoms with van der Waals surface area (Å²) in [5, 5.41) is 8.48. The first-order valence-corrected chi connectivity index (χ1v) is 5.78. The molecule has 0 spiro atoms. The van der Waals surface area contributed by atoms with Gasteiger partial charge in [-0.3, -0.25) is 5.41 Å². The van der Waals surface area contributed by atoms with Gasteiger partial charge in [0, 0.05) is 18.3 Å². The van der Waals surface area contributed by atoms with E-state index in [4.69, 9.17) is 5.41 Å². The predicted molar refractivity (Wildman–Crippen MR) is 61.6 cm³/mol. The highest BCUT2D eigenvalue weighted by Gasteiger charge is 2.24. The smallest absolute Gasteiger partial charge is 0.156 e. The first kappa shape index (κ1) is 9.59. The molecule has 1 aliphatic heterocycles. The largest absolute Gasteiger partial charge is 0.344 e. The van der Waals surface area contributed by atoms with E-state index in [0.717, 1.165) is 12.3 Å². The lowest BCUT2D eigenvalue weighted by molar-refractivity contribution is 0.362. The molecule has 1 saturated heterocycles. The predicted octanol–water partition coefficient (Wildman–Crippen LogP) is 2.56. The summed E-state index contributed by atoms with van der Waals surface area (Å²) in [4.78, 5) is 2.15. The van der Waals surface area contributed by atoms with Crippen LogP contribution in [-0.4, -0.2) is 21.9 Å². The molecule has 1 unspecified atom stereocenters. The summed E-state index contributed by atoms with van der Waals surface area (Å²) < 4.78 is 0. The van der Waals surface area contributed by atoms with E-state index in [2.05, 4.69) is 24.0 Å². The Hall–Kier alpha value is -0.960. The first-order chi connectivity index (χ1) is 6.77. The van der Waals surface area contributed by atoms with E-state index in [1.54, 1.807) is 11.8 Å². The van der Waals surface area contributed by atoms with Crippen molar-refractivity contribution in [2.24, 2.45) is 0 Å². The second-order valence-corrected chi connectivity index (χ2v) is 4.59. The molecular formula is C11H14N2S. The molecule has 1 N–H and O–H groups in total. The quantitative estimate of drug-likeness (QED) is 0.805. The molecule has 0 amide bonds. The molecule has 0 bridgehead atoms. The molecule has 0 aliphatic carbocycles. The fourth-order valence-electron chi connectivity index (χ4n) is 1.58. The van der Waals surface area contributed by atoms with Gasteiger partial charge >= 0.3 is 0 Å². The molecule has 1 aromatic rings. The van der Waals surface area contributed by atoms with Gasteiger partial charge in [-0.2, -0.15) is 0 Å². The van der Waals surface area contributed by atoms with Gasteiger partial charge in [0.05, 0.1) is 0 Å². The Morgan fingerprint density at radius 2 is 2.14 bits per heavy atom. The van der Waals surface area contributed by atoms with Gasteiger partial charge in [0.25, 0.3) is 0 Å². The van der Waals surface area contributed by atoms with Crippen LogP contribution in [0.15, 0.2) is 30.3 Å². The average Bonchev–Trinajstić information content (AvgIpc) is 2.51. The van der Waals surface area contributed by atoms with E-state index < -0.39 is 0 Å². The minimum absolute atomic E-state index is 0.493. The molecule has 0 aromatic heterocycles. The van der Waals surface area contributed by atoms with Crippen LogP contribution in [0, 0.1) is 5.41 Å². The molecule has 3 heteroatoms. The Balaban J connectivity index is 2.07. The third kappa shape index (κ3) is 1.93. The van der Waals surface area contributed by atoms with Crippen molar-refractivity contribution in [2.45, 2.75) is 19.5 Å². The summed E-state index contributed by atoms with van der Waals surface area (Å²) >= 11 is 1.64. The number of hydrogen-bond donors (Lipinski definition) is 1. The van der Waals surface area contributed by atoms with Gasteiger partial charge in [0.2, 0.25) is 0 Å². The van der Waals surface area contributed by atoms with Crippen molar-refractivity contribution in [2.75, 3.05) is 5.75 Å². The Labute approximate surface area is 88.8 Å². The summed E-state index contributed by atoms with van der Waals surface area (Å²) in [5.74, 6) is 1.05. The molecule has 14 heavy (non-hydrogen) atoms. The van der Waals surface area contributed by atoms with Crippen molar-refractivity contribution >= 4 is 16.9 Å². The highest BCUT2D eigenvalue weighted by molar-refractivity contribution is 8.14. The van der Waals surface area contributed by atoms with E-state index in [1.165, 1.54) is 5.56 Å². The SMILES string of the molecule is CC1CSC(=N)N1Cc1ccccc1. The maximum atomic E-state index is 7.77. The van der Waals surface area contributed by atoms with Gasteiger partial charge in [-0.05, 0) is 12.5 Å². The average molecular weight is 206 g/mol. The van der Waals surface area contributed by atoms with Crippen molar-refractivity contribution in [1.82, 2.24) is 4.90 Å². The molecule has 1 aliphatic rings. The minimum atomic E-state index is 0.493. The summed E-state index contributed by atoms with van der Waals surface area (Å²) in [6, 6.07) is 10.8. The van der Waals surface area contributed by atoms with Crippen molar-refractivity contribution < 1.29 is 0 Å². The van der Waals surface area contributed by atoms with Gasteiger partial charge in [-0.25, -0.2) is 0 Å². The van der Waals surface area contributed by atoms with Crippen LogP contribution in [0.1, 0.15) is 12.5 Å². The van der Waals surface area contributed by atoms with E-state index in [9.17, 15) is 0 Å². The Bertz CT molecular complexity index is 323. The molecular weight excluding hydrogens is 192 g/mol. The maximum absolute atomic E-state index is 7.77. The summed E-state index contributed by atoms with van der Waals surface area (Å²) in [5.41, 5.74) is 1.28. The molecule has 1 heterocycles. The zero-order valence-electron chi connectivity index (χ0n) is 8.23. The van der Waals surface area contributed by atoms with Crippen molar-refractivity contribution in [1.29, 1.82) is 5.41 Å². The number of nitrogens with zero attached hydrogens (tertiary/aromatic N) is 1. The topological polar surface area (TPSA) is 27.1 Å². The highest BCUT2D eigenvalue weighted by Crippen LogP contribution is 2.24. The number of thioether (sulfide) groups is 1. The Morgan fingerprint density at radius 3 is 2.71 bits per heavy atom. The molecule has 74 valence electrons. The van der Waals surface area contributed by atoms with Crippen molar-refractivity contribution in [3.8, 4) is 0 Å². The molecule has 0 saturated carbocycles. The molecule has 1 fully saturated rings. The Morgan fingerprint density at radius 1 is 1.43 bits per heavy atom. The van der Waals surface area contributed by atoms with Crippen LogP contribution >= 0.6 is 11.8 Å². The lowest BCUT2D eigenvalue weighted by Crippen LogP contribution is -2.30. The third-order valence-electron chi connectivity index (χ3n) is 2.45. The van der Waals surface area contributed by atoms with Crippen LogP contribution in [-0.2, 0) is 6.54 Å². The molecule has 1 aromatic carbocycles. The van der Waals surface area contributed by atoms with E-state index in [1.807, 2.05) is 18.2 Å². The first-order valence-electron chi connectivity index (χ1n) is 4.79. The third-order valence-corrected chi connectivity index (χ3v) is 3.61. The zero-order chi connectivity index (χ0) is 9.97. The fourth-order valence-corrected chi connectivity index (χ4v) is 2.57. The minimum Gasteiger partial charge on any atom is -0.344 e. The second kappa shape index (κ2) is 4.05. The number of amidine groups is 1. The summed E-state index contributed by atoms with van der Waals surface area (Å²) in [6.07, 6.45) is 0. The zero-order valence-corrected chi connectivity index (χ0v) is 9.05. The Kier molecular flexibility index (Phi) is 2.77. The number of hydrogen-bond acceptors (Lipinski definition) is 2. The van der Waals surface area contributed by atoms with E-state index >= 15 is 0 Å². The van der Waals surface area contributed by atoms with Gasteiger partial charge < -0.3 is 4.90 Å². The molecule has 2 rings (SSSR count). The summed E-state index contributed by atoms with van der Waals surface area (Å²) in [7, 11) is 0. The van der Waals surface area contributed by atoms with Gasteiger partial charge in [0.15, 0.2) is 5.17 Å². The van der Waals surface area contributed by atoms with Crippen LogP contribution in [0.2, 0.25) is 0 Å². The number of rotatable bonds is 2. The number of nitrogens with one attached hydrogen (secondary N) is 1. The van der Waals surface area contributed by atoms with Gasteiger partial charge in [-0.1, -0.05) is 42.1 Å². The van der Waals surface area contributed by atoms with Crippen LogP contribution in [0.4, 0.5) is 0 Å². The second-order valence-electron chi connectivity index (χ2n) is 3.58. The van der Waals surface area contributed by atoms with E-state index in [-0.39, 0.29) is 0 Å². The fraction of sp³-hybridized carbons (Fsp3) is 0.364. The van der Waals surface area contributed by atoms with Crippen molar-refractivity contribution in [3.05, 3.63) is 35.9 Å². The molecule has 1 atom stereocenters. The number of benzene rings is 1. The lowest BCUT2D eigenvalue weighted by atomic mass is 10.2. The monoisotopic (exact) mass is 206 g/mol. The van der Waals surface area contributed by atoms with Crippen LogP contribution in [0.25, 0.3) is 0 Å². The van der Waals surface area contributed by atoms with Gasteiger partial charge in [0.1, 0.15) is 0 Å². The normalized spacial score (nSPS) is 21.6.